The molecule has 0 saturated carbocycles. The van der Waals surface area contributed by atoms with Crippen molar-refractivity contribution in [1.29, 1.82) is 0 Å². The first-order valence-electron chi connectivity index (χ1n) is 4.52. The Labute approximate surface area is 91.3 Å². The molecule has 16 heavy (non-hydrogen) atoms. The van der Waals surface area contributed by atoms with Crippen molar-refractivity contribution in [3.8, 4) is 11.5 Å². The largest absolute Gasteiger partial charge is 0.504 e. The number of carbonyl (C=O) groups excluding carboxylic acids is 1. The van der Waals surface area contributed by atoms with Crippen LogP contribution in [0.5, 0.6) is 11.5 Å². The molecule has 1 aromatic carbocycles. The fraction of sp³-hybridized carbons (Fsp3) is 0.300. The zero-order chi connectivity index (χ0) is 12.1. The normalized spacial score (nSPS) is 12.1. The third-order valence-corrected chi connectivity index (χ3v) is 1.83. The van der Waals surface area contributed by atoms with E-state index >= 15 is 0 Å². The molecule has 0 fully saturated rings. The number of phenolic OH excluding ortho intramolecular Hbond substituents is 2. The SMILES string of the molecule is O=C(OC[C@H](O)CO)c1ccc(O)c(O)c1. The molecular formula is C10H12O6. The number of hydrogen-bond acceptors (Lipinski definition) is 6. The minimum Gasteiger partial charge on any atom is -0.504 e. The van der Waals surface area contributed by atoms with Crippen molar-refractivity contribution in [1.82, 2.24) is 0 Å². The first kappa shape index (κ1) is 12.3. The van der Waals surface area contributed by atoms with Gasteiger partial charge in [-0.15, -0.1) is 0 Å². The minimum absolute atomic E-state index is 0.0421. The van der Waals surface area contributed by atoms with E-state index in [4.69, 9.17) is 20.4 Å². The first-order chi connectivity index (χ1) is 7.54. The van der Waals surface area contributed by atoms with Crippen LogP contribution < -0.4 is 0 Å². The summed E-state index contributed by atoms with van der Waals surface area (Å²) in [5.74, 6) is -1.54. The van der Waals surface area contributed by atoms with E-state index in [0.717, 1.165) is 12.1 Å². The van der Waals surface area contributed by atoms with E-state index < -0.39 is 24.4 Å². The minimum atomic E-state index is -1.13. The summed E-state index contributed by atoms with van der Waals surface area (Å²) in [6.07, 6.45) is -1.13. The second kappa shape index (κ2) is 5.34. The Morgan fingerprint density at radius 2 is 2.00 bits per heavy atom. The number of hydrogen-bond donors (Lipinski definition) is 4. The van der Waals surface area contributed by atoms with E-state index in [0.29, 0.717) is 0 Å². The third-order valence-electron chi connectivity index (χ3n) is 1.83. The lowest BCUT2D eigenvalue weighted by atomic mass is 10.2. The summed E-state index contributed by atoms with van der Waals surface area (Å²) in [5.41, 5.74) is 0.0421. The molecule has 6 heteroatoms. The van der Waals surface area contributed by atoms with Gasteiger partial charge in [0.15, 0.2) is 11.5 Å². The Bertz CT molecular complexity index is 376. The molecule has 4 N–H and O–H groups in total. The van der Waals surface area contributed by atoms with Crippen molar-refractivity contribution in [3.05, 3.63) is 23.8 Å². The molecule has 0 unspecified atom stereocenters. The third kappa shape index (κ3) is 3.11. The van der Waals surface area contributed by atoms with Gasteiger partial charge in [-0.3, -0.25) is 0 Å². The van der Waals surface area contributed by atoms with Crippen molar-refractivity contribution in [2.75, 3.05) is 13.2 Å². The number of aromatic hydroxyl groups is 2. The zero-order valence-corrected chi connectivity index (χ0v) is 8.33. The summed E-state index contributed by atoms with van der Waals surface area (Å²) in [6.45, 7) is -0.842. The lowest BCUT2D eigenvalue weighted by Crippen LogP contribution is -2.21. The zero-order valence-electron chi connectivity index (χ0n) is 8.33. The Kier molecular flexibility index (Phi) is 4.10. The average Bonchev–Trinajstić information content (AvgIpc) is 2.29. The van der Waals surface area contributed by atoms with E-state index in [1.54, 1.807) is 0 Å². The van der Waals surface area contributed by atoms with Crippen LogP contribution in [0.15, 0.2) is 18.2 Å². The summed E-state index contributed by atoms with van der Waals surface area (Å²) in [5, 5.41) is 35.6. The molecular weight excluding hydrogens is 216 g/mol. The van der Waals surface area contributed by atoms with Crippen molar-refractivity contribution < 1.29 is 30.0 Å². The van der Waals surface area contributed by atoms with Gasteiger partial charge in [0, 0.05) is 0 Å². The van der Waals surface area contributed by atoms with Gasteiger partial charge in [-0.1, -0.05) is 0 Å². The number of ether oxygens (including phenoxy) is 1. The number of aliphatic hydroxyl groups excluding tert-OH is 2. The van der Waals surface area contributed by atoms with Gasteiger partial charge in [0.2, 0.25) is 0 Å². The molecule has 0 aliphatic carbocycles. The molecule has 1 atom stereocenters. The smallest absolute Gasteiger partial charge is 0.338 e. The van der Waals surface area contributed by atoms with Gasteiger partial charge in [-0.05, 0) is 18.2 Å². The molecule has 1 rings (SSSR count). The van der Waals surface area contributed by atoms with Crippen molar-refractivity contribution >= 4 is 5.97 Å². The monoisotopic (exact) mass is 228 g/mol. The molecule has 0 bridgehead atoms. The number of benzene rings is 1. The second-order valence-corrected chi connectivity index (χ2v) is 3.14. The number of carbonyl (C=O) groups is 1. The van der Waals surface area contributed by atoms with Crippen LogP contribution in [0.25, 0.3) is 0 Å². The fourth-order valence-electron chi connectivity index (χ4n) is 0.958. The average molecular weight is 228 g/mol. The summed E-state index contributed by atoms with van der Waals surface area (Å²) in [6, 6.07) is 3.46. The number of esters is 1. The quantitative estimate of drug-likeness (QED) is 0.413. The summed E-state index contributed by atoms with van der Waals surface area (Å²) < 4.78 is 4.63. The lowest BCUT2D eigenvalue weighted by molar-refractivity contribution is 0.00930. The van der Waals surface area contributed by atoms with Gasteiger partial charge in [-0.25, -0.2) is 4.79 Å². The number of aliphatic hydroxyl groups is 2. The van der Waals surface area contributed by atoms with Gasteiger partial charge >= 0.3 is 5.97 Å². The maximum Gasteiger partial charge on any atom is 0.338 e. The Hall–Kier alpha value is -1.79. The maximum absolute atomic E-state index is 11.3. The molecule has 0 radical (unpaired) electrons. The van der Waals surface area contributed by atoms with Crippen LogP contribution in [0.3, 0.4) is 0 Å². The summed E-state index contributed by atoms with van der Waals surface area (Å²) >= 11 is 0. The van der Waals surface area contributed by atoms with Crippen LogP contribution >= 0.6 is 0 Å². The predicted octanol–water partition coefficient (Wildman–Crippen LogP) is -0.392. The van der Waals surface area contributed by atoms with E-state index in [2.05, 4.69) is 4.74 Å². The summed E-state index contributed by atoms with van der Waals surface area (Å²) in [7, 11) is 0. The maximum atomic E-state index is 11.3. The van der Waals surface area contributed by atoms with Crippen LogP contribution in [-0.2, 0) is 4.74 Å². The molecule has 0 aliphatic rings. The van der Waals surface area contributed by atoms with Crippen molar-refractivity contribution in [3.63, 3.8) is 0 Å². The van der Waals surface area contributed by atoms with Crippen molar-refractivity contribution in [2.45, 2.75) is 6.10 Å². The molecule has 6 nitrogen and oxygen atoms in total. The van der Waals surface area contributed by atoms with E-state index in [1.807, 2.05) is 0 Å². The molecule has 0 aromatic heterocycles. The number of phenols is 2. The molecule has 0 spiro atoms. The topological polar surface area (TPSA) is 107 Å². The molecule has 88 valence electrons. The van der Waals surface area contributed by atoms with Crippen LogP contribution in [0.4, 0.5) is 0 Å². The number of rotatable bonds is 4. The highest BCUT2D eigenvalue weighted by Gasteiger charge is 2.12. The van der Waals surface area contributed by atoms with Gasteiger partial charge in [-0.2, -0.15) is 0 Å². The van der Waals surface area contributed by atoms with Gasteiger partial charge in [0.25, 0.3) is 0 Å². The Balaban J connectivity index is 2.63. The summed E-state index contributed by atoms with van der Waals surface area (Å²) in [4.78, 5) is 11.3. The Morgan fingerprint density at radius 3 is 2.56 bits per heavy atom. The molecule has 1 aromatic rings. The molecule has 0 amide bonds. The highest BCUT2D eigenvalue weighted by Crippen LogP contribution is 2.25. The second-order valence-electron chi connectivity index (χ2n) is 3.14. The first-order valence-corrected chi connectivity index (χ1v) is 4.52. The van der Waals surface area contributed by atoms with E-state index in [9.17, 15) is 4.79 Å². The van der Waals surface area contributed by atoms with Crippen LogP contribution in [-0.4, -0.2) is 45.7 Å². The van der Waals surface area contributed by atoms with Crippen LogP contribution in [0, 0.1) is 0 Å². The molecule has 0 aliphatic heterocycles. The highest BCUT2D eigenvalue weighted by atomic mass is 16.5. The Morgan fingerprint density at radius 1 is 1.31 bits per heavy atom. The van der Waals surface area contributed by atoms with Gasteiger partial charge < -0.3 is 25.2 Å². The molecule has 0 saturated heterocycles. The van der Waals surface area contributed by atoms with Crippen molar-refractivity contribution in [2.24, 2.45) is 0 Å². The van der Waals surface area contributed by atoms with E-state index in [-0.39, 0.29) is 17.9 Å². The predicted molar refractivity (Wildman–Crippen MR) is 53.1 cm³/mol. The highest BCUT2D eigenvalue weighted by molar-refractivity contribution is 5.90. The van der Waals surface area contributed by atoms with Gasteiger partial charge in [0.1, 0.15) is 12.7 Å². The van der Waals surface area contributed by atoms with Crippen LogP contribution in [0.1, 0.15) is 10.4 Å². The lowest BCUT2D eigenvalue weighted by Gasteiger charge is -2.08. The molecule has 0 heterocycles. The standard InChI is InChI=1S/C10H12O6/c11-4-7(12)5-16-10(15)6-1-2-8(13)9(14)3-6/h1-3,7,11-14H,4-5H2/t7-/m1/s1. The van der Waals surface area contributed by atoms with Gasteiger partial charge in [0.05, 0.1) is 12.2 Å². The fourth-order valence-corrected chi connectivity index (χ4v) is 0.958. The van der Waals surface area contributed by atoms with Crippen LogP contribution in [0.2, 0.25) is 0 Å². The van der Waals surface area contributed by atoms with E-state index in [1.165, 1.54) is 6.07 Å².